The molecular formula is C51H33N3O. The van der Waals surface area contributed by atoms with Gasteiger partial charge in [-0.1, -0.05) is 127 Å². The number of fused-ring (bicyclic) bond motifs is 8. The fraction of sp³-hybridized carbons (Fsp3) is 0. The van der Waals surface area contributed by atoms with Crippen LogP contribution in [-0.4, -0.2) is 9.55 Å². The fourth-order valence-corrected chi connectivity index (χ4v) is 8.28. The van der Waals surface area contributed by atoms with Crippen LogP contribution < -0.4 is 4.90 Å². The maximum atomic E-state index is 6.28. The number of rotatable bonds is 6. The molecule has 0 amide bonds. The van der Waals surface area contributed by atoms with Gasteiger partial charge in [-0.15, -0.1) is 0 Å². The lowest BCUT2D eigenvalue weighted by atomic mass is 9.98. The Morgan fingerprint density at radius 1 is 0.400 bits per heavy atom. The molecule has 11 aromatic rings. The average Bonchev–Trinajstić information content (AvgIpc) is 3.85. The van der Waals surface area contributed by atoms with Gasteiger partial charge < -0.3 is 13.9 Å². The molecule has 0 bridgehead atoms. The monoisotopic (exact) mass is 703 g/mol. The minimum absolute atomic E-state index is 0.629. The average molecular weight is 704 g/mol. The Labute approximate surface area is 317 Å². The highest BCUT2D eigenvalue weighted by Gasteiger charge is 2.21. The van der Waals surface area contributed by atoms with Crippen molar-refractivity contribution in [2.24, 2.45) is 0 Å². The second-order valence-electron chi connectivity index (χ2n) is 14.0. The minimum atomic E-state index is 0.629. The second-order valence-corrected chi connectivity index (χ2v) is 14.0. The summed E-state index contributed by atoms with van der Waals surface area (Å²) in [5, 5.41) is 6.96. The molecule has 0 aliphatic rings. The molecule has 2 heterocycles. The number of hydrogen-bond donors (Lipinski definition) is 0. The number of benzene rings is 9. The summed E-state index contributed by atoms with van der Waals surface area (Å²) in [5.74, 6) is 0.629. The van der Waals surface area contributed by atoms with E-state index in [1.54, 1.807) is 0 Å². The van der Waals surface area contributed by atoms with Crippen LogP contribution in [-0.2, 0) is 0 Å². The van der Waals surface area contributed by atoms with Gasteiger partial charge in [-0.25, -0.2) is 4.98 Å². The van der Waals surface area contributed by atoms with E-state index in [1.807, 2.05) is 30.3 Å². The number of aromatic nitrogens is 2. The molecule has 9 aromatic carbocycles. The van der Waals surface area contributed by atoms with Crippen molar-refractivity contribution in [1.29, 1.82) is 0 Å². The normalized spacial score (nSPS) is 11.6. The number of anilines is 3. The van der Waals surface area contributed by atoms with Crippen LogP contribution >= 0.6 is 0 Å². The maximum Gasteiger partial charge on any atom is 0.227 e. The van der Waals surface area contributed by atoms with E-state index in [1.165, 1.54) is 21.9 Å². The summed E-state index contributed by atoms with van der Waals surface area (Å²) in [6.45, 7) is 0. The van der Waals surface area contributed by atoms with Crippen LogP contribution in [0.5, 0.6) is 0 Å². The lowest BCUT2D eigenvalue weighted by Gasteiger charge is -2.28. The van der Waals surface area contributed by atoms with Crippen LogP contribution in [0, 0.1) is 0 Å². The molecule has 55 heavy (non-hydrogen) atoms. The van der Waals surface area contributed by atoms with Crippen molar-refractivity contribution in [1.82, 2.24) is 9.55 Å². The standard InChI is InChI=1S/C51H33N3O/c1-4-14-34(15-5-1)36-18-12-21-38(32-36)53(39-26-27-44-42-22-10-11-24-47(42)54(48(44)33-39)37-19-8-3-9-20-37)46-25-13-23-40-41-30-31-49-50(45(41)29-28-43(40)46)52-51(55-49)35-16-6-2-7-17-35/h1-33H. The molecule has 0 spiro atoms. The van der Waals surface area contributed by atoms with E-state index in [0.717, 1.165) is 72.0 Å². The highest BCUT2D eigenvalue weighted by atomic mass is 16.3. The molecule has 0 radical (unpaired) electrons. The Kier molecular flexibility index (Phi) is 7.14. The van der Waals surface area contributed by atoms with Gasteiger partial charge in [0.2, 0.25) is 5.89 Å². The van der Waals surface area contributed by atoms with Crippen LogP contribution in [0.25, 0.3) is 82.7 Å². The zero-order valence-corrected chi connectivity index (χ0v) is 29.8. The Morgan fingerprint density at radius 3 is 1.84 bits per heavy atom. The van der Waals surface area contributed by atoms with Crippen molar-refractivity contribution in [3.63, 3.8) is 0 Å². The first kappa shape index (κ1) is 31.1. The third kappa shape index (κ3) is 5.11. The van der Waals surface area contributed by atoms with Crippen molar-refractivity contribution >= 4 is 71.5 Å². The number of oxazole rings is 1. The predicted molar refractivity (Wildman–Crippen MR) is 229 cm³/mol. The molecule has 0 fully saturated rings. The van der Waals surface area contributed by atoms with Crippen molar-refractivity contribution in [3.8, 4) is 28.3 Å². The van der Waals surface area contributed by atoms with E-state index in [9.17, 15) is 0 Å². The van der Waals surface area contributed by atoms with Crippen LogP contribution in [0.1, 0.15) is 0 Å². The Hall–Kier alpha value is -7.43. The van der Waals surface area contributed by atoms with E-state index in [4.69, 9.17) is 9.40 Å². The summed E-state index contributed by atoms with van der Waals surface area (Å²) < 4.78 is 8.66. The van der Waals surface area contributed by atoms with Crippen molar-refractivity contribution < 1.29 is 4.42 Å². The number of nitrogens with zero attached hydrogens (tertiary/aromatic N) is 3. The summed E-state index contributed by atoms with van der Waals surface area (Å²) in [6, 6.07) is 71.1. The molecule has 2 aromatic heterocycles. The first-order chi connectivity index (χ1) is 27.3. The van der Waals surface area contributed by atoms with E-state index >= 15 is 0 Å². The van der Waals surface area contributed by atoms with Crippen LogP contribution in [0.4, 0.5) is 17.1 Å². The van der Waals surface area contributed by atoms with Crippen LogP contribution in [0.15, 0.2) is 205 Å². The molecule has 0 aliphatic carbocycles. The molecule has 0 aliphatic heterocycles. The summed E-state index contributed by atoms with van der Waals surface area (Å²) >= 11 is 0. The fourth-order valence-electron chi connectivity index (χ4n) is 8.28. The Morgan fingerprint density at radius 2 is 1.00 bits per heavy atom. The molecule has 4 heteroatoms. The zero-order valence-electron chi connectivity index (χ0n) is 29.8. The van der Waals surface area contributed by atoms with Gasteiger partial charge in [0, 0.05) is 44.2 Å². The molecule has 258 valence electrons. The van der Waals surface area contributed by atoms with Crippen molar-refractivity contribution in [2.45, 2.75) is 0 Å². The minimum Gasteiger partial charge on any atom is -0.436 e. The van der Waals surface area contributed by atoms with Crippen LogP contribution in [0.3, 0.4) is 0 Å². The first-order valence-corrected chi connectivity index (χ1v) is 18.6. The first-order valence-electron chi connectivity index (χ1n) is 18.6. The quantitative estimate of drug-likeness (QED) is 0.162. The van der Waals surface area contributed by atoms with E-state index < -0.39 is 0 Å². The molecule has 11 rings (SSSR count). The van der Waals surface area contributed by atoms with Gasteiger partial charge in [-0.05, 0) is 94.7 Å². The van der Waals surface area contributed by atoms with E-state index in [0.29, 0.717) is 5.89 Å². The molecule has 0 N–H and O–H groups in total. The van der Waals surface area contributed by atoms with E-state index in [-0.39, 0.29) is 0 Å². The Bertz CT molecular complexity index is 3200. The van der Waals surface area contributed by atoms with Crippen molar-refractivity contribution in [2.75, 3.05) is 4.90 Å². The predicted octanol–water partition coefficient (Wildman–Crippen LogP) is 14.0. The number of hydrogen-bond acceptors (Lipinski definition) is 3. The van der Waals surface area contributed by atoms with Gasteiger partial charge in [0.1, 0.15) is 5.52 Å². The van der Waals surface area contributed by atoms with Crippen LogP contribution in [0.2, 0.25) is 0 Å². The molecule has 0 atom stereocenters. The zero-order chi connectivity index (χ0) is 36.3. The van der Waals surface area contributed by atoms with E-state index in [2.05, 4.69) is 179 Å². The van der Waals surface area contributed by atoms with Gasteiger partial charge >= 0.3 is 0 Å². The van der Waals surface area contributed by atoms with Gasteiger partial charge in [0.05, 0.1) is 16.7 Å². The largest absolute Gasteiger partial charge is 0.436 e. The summed E-state index contributed by atoms with van der Waals surface area (Å²) in [6.07, 6.45) is 0. The highest BCUT2D eigenvalue weighted by Crippen LogP contribution is 2.44. The molecule has 4 nitrogen and oxygen atoms in total. The molecule has 0 unspecified atom stereocenters. The van der Waals surface area contributed by atoms with Gasteiger partial charge in [0.25, 0.3) is 0 Å². The summed E-state index contributed by atoms with van der Waals surface area (Å²) in [4.78, 5) is 7.42. The molecule has 0 saturated heterocycles. The summed E-state index contributed by atoms with van der Waals surface area (Å²) in [7, 11) is 0. The third-order valence-electron chi connectivity index (χ3n) is 10.8. The lowest BCUT2D eigenvalue weighted by Crippen LogP contribution is -2.11. The smallest absolute Gasteiger partial charge is 0.227 e. The van der Waals surface area contributed by atoms with Gasteiger partial charge in [-0.3, -0.25) is 0 Å². The topological polar surface area (TPSA) is 34.2 Å². The Balaban J connectivity index is 1.16. The maximum absolute atomic E-state index is 6.28. The van der Waals surface area contributed by atoms with Gasteiger partial charge in [0.15, 0.2) is 5.58 Å². The highest BCUT2D eigenvalue weighted by molar-refractivity contribution is 6.19. The SMILES string of the molecule is c1ccc(-c2cccc(N(c3ccc4c5ccccc5n(-c5ccccc5)c4c3)c3cccc4c3ccc3c4ccc4oc(-c5ccccc5)nc43)c2)cc1. The number of para-hydroxylation sites is 2. The van der Waals surface area contributed by atoms with Crippen molar-refractivity contribution in [3.05, 3.63) is 200 Å². The lowest BCUT2D eigenvalue weighted by molar-refractivity contribution is 0.620. The molecular weight excluding hydrogens is 671 g/mol. The van der Waals surface area contributed by atoms with Gasteiger partial charge in [-0.2, -0.15) is 0 Å². The summed E-state index contributed by atoms with van der Waals surface area (Å²) in [5.41, 5.74) is 11.7. The third-order valence-corrected chi connectivity index (χ3v) is 10.8. The second kappa shape index (κ2) is 12.6. The molecule has 0 saturated carbocycles.